The summed E-state index contributed by atoms with van der Waals surface area (Å²) in [7, 11) is 0. The molecule has 0 spiro atoms. The summed E-state index contributed by atoms with van der Waals surface area (Å²) in [5.74, 6) is 0.801. The average Bonchev–Trinajstić information content (AvgIpc) is 3.04. The second-order valence-corrected chi connectivity index (χ2v) is 6.81. The lowest BCUT2D eigenvalue weighted by Crippen LogP contribution is -1.80. The van der Waals surface area contributed by atoms with Crippen LogP contribution in [0.25, 0.3) is 22.2 Å². The van der Waals surface area contributed by atoms with Gasteiger partial charge in [-0.1, -0.05) is 71.9 Å². The molecule has 4 aromatic rings. The second kappa shape index (κ2) is 6.71. The molecule has 4 heteroatoms. The number of hydrogen-bond donors (Lipinski definition) is 0. The largest absolute Gasteiger partial charge is 0.431 e. The van der Waals surface area contributed by atoms with Crippen LogP contribution in [0.4, 0.5) is 0 Å². The van der Waals surface area contributed by atoms with Crippen molar-refractivity contribution in [2.45, 2.75) is 11.0 Å². The van der Waals surface area contributed by atoms with Crippen molar-refractivity contribution in [3.8, 4) is 11.1 Å². The maximum absolute atomic E-state index is 5.91. The Hall–Kier alpha value is -2.23. The van der Waals surface area contributed by atoms with E-state index < -0.39 is 0 Å². The van der Waals surface area contributed by atoms with E-state index in [1.54, 1.807) is 11.8 Å². The molecule has 4 rings (SSSR count). The van der Waals surface area contributed by atoms with Crippen molar-refractivity contribution < 1.29 is 4.42 Å². The second-order valence-electron chi connectivity index (χ2n) is 5.44. The quantitative estimate of drug-likeness (QED) is 0.396. The first-order valence-corrected chi connectivity index (χ1v) is 8.97. The summed E-state index contributed by atoms with van der Waals surface area (Å²) in [4.78, 5) is 4.60. The smallest absolute Gasteiger partial charge is 0.257 e. The minimum atomic E-state index is 0.685. The molecular formula is C20H14ClNOS. The molecule has 0 aliphatic carbocycles. The Bertz CT molecular complexity index is 964. The number of nitrogens with zero attached hydrogens (tertiary/aromatic N) is 1. The Labute approximate surface area is 149 Å². The summed E-state index contributed by atoms with van der Waals surface area (Å²) in [5, 5.41) is 1.43. The summed E-state index contributed by atoms with van der Waals surface area (Å²) < 4.78 is 5.83. The third-order valence-electron chi connectivity index (χ3n) is 3.75. The molecule has 118 valence electrons. The fraction of sp³-hybridized carbons (Fsp3) is 0.0500. The number of rotatable bonds is 4. The van der Waals surface area contributed by atoms with Gasteiger partial charge in [0, 0.05) is 10.8 Å². The molecule has 0 bridgehead atoms. The van der Waals surface area contributed by atoms with Crippen LogP contribution in [-0.4, -0.2) is 4.98 Å². The lowest BCUT2D eigenvalue weighted by atomic mass is 10.1. The molecule has 0 aliphatic rings. The molecule has 0 saturated heterocycles. The number of fused-ring (bicyclic) bond motifs is 1. The predicted molar refractivity (Wildman–Crippen MR) is 100 cm³/mol. The topological polar surface area (TPSA) is 26.0 Å². The fourth-order valence-corrected chi connectivity index (χ4v) is 3.42. The maximum atomic E-state index is 5.91. The standard InChI is InChI=1S/C20H14ClNOS/c21-17-9-6-14(7-10-17)13-24-20-22-18-12-16(8-11-19(18)23-20)15-4-2-1-3-5-15/h1-12H,13H2. The Morgan fingerprint density at radius 2 is 1.67 bits per heavy atom. The molecule has 0 atom stereocenters. The molecular weight excluding hydrogens is 338 g/mol. The Kier molecular flexibility index (Phi) is 4.28. The van der Waals surface area contributed by atoms with E-state index in [4.69, 9.17) is 16.0 Å². The minimum absolute atomic E-state index is 0.685. The summed E-state index contributed by atoms with van der Waals surface area (Å²) in [6.07, 6.45) is 0. The van der Waals surface area contributed by atoms with Crippen LogP contribution >= 0.6 is 23.4 Å². The lowest BCUT2D eigenvalue weighted by Gasteiger charge is -1.99. The average molecular weight is 352 g/mol. The number of hydrogen-bond acceptors (Lipinski definition) is 3. The number of halogens is 1. The van der Waals surface area contributed by atoms with Crippen molar-refractivity contribution >= 4 is 34.5 Å². The van der Waals surface area contributed by atoms with Crippen molar-refractivity contribution in [2.75, 3.05) is 0 Å². The van der Waals surface area contributed by atoms with Crippen LogP contribution in [-0.2, 0) is 5.75 Å². The third-order valence-corrected chi connectivity index (χ3v) is 4.90. The van der Waals surface area contributed by atoms with Crippen molar-refractivity contribution in [1.82, 2.24) is 4.98 Å². The van der Waals surface area contributed by atoms with E-state index in [-0.39, 0.29) is 0 Å². The highest BCUT2D eigenvalue weighted by atomic mass is 35.5. The van der Waals surface area contributed by atoms with Crippen molar-refractivity contribution in [2.24, 2.45) is 0 Å². The van der Waals surface area contributed by atoms with Gasteiger partial charge in [-0.05, 0) is 41.0 Å². The first-order valence-electron chi connectivity index (χ1n) is 7.61. The Morgan fingerprint density at radius 1 is 0.875 bits per heavy atom. The van der Waals surface area contributed by atoms with Gasteiger partial charge in [0.25, 0.3) is 5.22 Å². The molecule has 0 amide bonds. The molecule has 3 aromatic carbocycles. The Morgan fingerprint density at radius 3 is 2.46 bits per heavy atom. The number of benzene rings is 3. The van der Waals surface area contributed by atoms with Crippen molar-refractivity contribution in [3.05, 3.63) is 83.4 Å². The highest BCUT2D eigenvalue weighted by molar-refractivity contribution is 7.98. The molecule has 0 saturated carbocycles. The van der Waals surface area contributed by atoms with Crippen LogP contribution < -0.4 is 0 Å². The number of thioether (sulfide) groups is 1. The normalized spacial score (nSPS) is 11.0. The first-order chi connectivity index (χ1) is 11.8. The minimum Gasteiger partial charge on any atom is -0.431 e. The predicted octanol–water partition coefficient (Wildman–Crippen LogP) is 6.44. The molecule has 1 aromatic heterocycles. The molecule has 0 radical (unpaired) electrons. The van der Waals surface area contributed by atoms with Gasteiger partial charge in [-0.3, -0.25) is 0 Å². The zero-order valence-electron chi connectivity index (χ0n) is 12.8. The van der Waals surface area contributed by atoms with Gasteiger partial charge in [-0.25, -0.2) is 4.98 Å². The highest BCUT2D eigenvalue weighted by Gasteiger charge is 2.08. The maximum Gasteiger partial charge on any atom is 0.257 e. The monoisotopic (exact) mass is 351 g/mol. The molecule has 0 N–H and O–H groups in total. The van der Waals surface area contributed by atoms with Crippen LogP contribution in [0.3, 0.4) is 0 Å². The van der Waals surface area contributed by atoms with Crippen LogP contribution in [0.15, 0.2) is 82.4 Å². The van der Waals surface area contributed by atoms with E-state index in [1.165, 1.54) is 11.1 Å². The van der Waals surface area contributed by atoms with Gasteiger partial charge >= 0.3 is 0 Å². The van der Waals surface area contributed by atoms with Crippen LogP contribution in [0.5, 0.6) is 0 Å². The zero-order valence-corrected chi connectivity index (χ0v) is 14.3. The molecule has 2 nitrogen and oxygen atoms in total. The van der Waals surface area contributed by atoms with E-state index in [2.05, 4.69) is 29.2 Å². The van der Waals surface area contributed by atoms with Gasteiger partial charge < -0.3 is 4.42 Å². The van der Waals surface area contributed by atoms with E-state index in [0.717, 1.165) is 27.4 Å². The number of aromatic nitrogens is 1. The molecule has 0 unspecified atom stereocenters. The van der Waals surface area contributed by atoms with Crippen LogP contribution in [0.2, 0.25) is 5.02 Å². The van der Waals surface area contributed by atoms with E-state index in [1.807, 2.05) is 48.5 Å². The van der Waals surface area contributed by atoms with Gasteiger partial charge in [0.05, 0.1) is 0 Å². The number of oxazole rings is 1. The van der Waals surface area contributed by atoms with Crippen molar-refractivity contribution in [1.29, 1.82) is 0 Å². The van der Waals surface area contributed by atoms with E-state index >= 15 is 0 Å². The highest BCUT2D eigenvalue weighted by Crippen LogP contribution is 2.29. The molecule has 24 heavy (non-hydrogen) atoms. The van der Waals surface area contributed by atoms with E-state index in [0.29, 0.717) is 5.22 Å². The molecule has 0 fully saturated rings. The molecule has 1 heterocycles. The Balaban J connectivity index is 1.56. The van der Waals surface area contributed by atoms with Gasteiger partial charge in [0.1, 0.15) is 5.52 Å². The summed E-state index contributed by atoms with van der Waals surface area (Å²) in [6.45, 7) is 0. The van der Waals surface area contributed by atoms with Crippen LogP contribution in [0.1, 0.15) is 5.56 Å². The van der Waals surface area contributed by atoms with Gasteiger partial charge in [-0.15, -0.1) is 0 Å². The van der Waals surface area contributed by atoms with Crippen molar-refractivity contribution in [3.63, 3.8) is 0 Å². The summed E-state index contributed by atoms with van der Waals surface area (Å²) in [5.41, 5.74) is 5.21. The van der Waals surface area contributed by atoms with Gasteiger partial charge in [0.15, 0.2) is 5.58 Å². The lowest BCUT2D eigenvalue weighted by molar-refractivity contribution is 0.489. The summed E-state index contributed by atoms with van der Waals surface area (Å²) >= 11 is 7.50. The zero-order chi connectivity index (χ0) is 16.4. The van der Waals surface area contributed by atoms with Gasteiger partial charge in [0.2, 0.25) is 0 Å². The van der Waals surface area contributed by atoms with Crippen LogP contribution in [0, 0.1) is 0 Å². The third kappa shape index (κ3) is 3.32. The van der Waals surface area contributed by atoms with Gasteiger partial charge in [-0.2, -0.15) is 0 Å². The SMILES string of the molecule is Clc1ccc(CSc2nc3cc(-c4ccccc4)ccc3o2)cc1. The fourth-order valence-electron chi connectivity index (χ4n) is 2.50. The first kappa shape index (κ1) is 15.3. The summed E-state index contributed by atoms with van der Waals surface area (Å²) in [6, 6.07) is 24.2. The van der Waals surface area contributed by atoms with E-state index in [9.17, 15) is 0 Å². The molecule has 0 aliphatic heterocycles.